The molecule has 0 heterocycles. The van der Waals surface area contributed by atoms with Gasteiger partial charge in [-0.3, -0.25) is 4.79 Å². The molecule has 0 aromatic heterocycles. The Kier molecular flexibility index (Phi) is 6.39. The maximum absolute atomic E-state index is 13.5. The quantitative estimate of drug-likeness (QED) is 0.819. The first-order valence-corrected chi connectivity index (χ1v) is 6.31. The molecule has 1 N–H and O–H groups in total. The fourth-order valence-electron chi connectivity index (χ4n) is 1.50. The van der Waals surface area contributed by atoms with Gasteiger partial charge in [-0.05, 0) is 18.6 Å². The topological polar surface area (TPSA) is 38.3 Å². The van der Waals surface area contributed by atoms with Crippen LogP contribution in [0.4, 0.5) is 4.39 Å². The third-order valence-corrected chi connectivity index (χ3v) is 2.88. The molecule has 1 aromatic carbocycles. The van der Waals surface area contributed by atoms with Gasteiger partial charge in [0.15, 0.2) is 0 Å². The maximum Gasteiger partial charge on any atom is 0.256 e. The van der Waals surface area contributed by atoms with Crippen LogP contribution >= 0.6 is 23.2 Å². The Hall–Kier alpha value is -0.840. The molecule has 3 nitrogen and oxygen atoms in total. The average molecular weight is 294 g/mol. The largest absolute Gasteiger partial charge is 0.383 e. The zero-order valence-electron chi connectivity index (χ0n) is 9.88. The van der Waals surface area contributed by atoms with Crippen molar-refractivity contribution in [3.8, 4) is 0 Å². The molecule has 0 bridgehead atoms. The molecule has 1 aromatic rings. The lowest BCUT2D eigenvalue weighted by Crippen LogP contribution is -2.38. The number of hydrogen-bond donors (Lipinski definition) is 1. The van der Waals surface area contributed by atoms with Gasteiger partial charge in [-0.1, -0.05) is 17.7 Å². The standard InChI is InChI=1S/C12H14Cl2FNO2/c1-18-7-8(5-6-13)16-12(17)11-9(14)3-2-4-10(11)15/h2-4,8H,5-7H2,1H3,(H,16,17). The van der Waals surface area contributed by atoms with Crippen molar-refractivity contribution >= 4 is 29.1 Å². The van der Waals surface area contributed by atoms with Crippen molar-refractivity contribution in [2.45, 2.75) is 12.5 Å². The van der Waals surface area contributed by atoms with Crippen molar-refractivity contribution in [2.75, 3.05) is 19.6 Å². The Morgan fingerprint density at radius 3 is 2.83 bits per heavy atom. The van der Waals surface area contributed by atoms with E-state index in [4.69, 9.17) is 27.9 Å². The highest BCUT2D eigenvalue weighted by molar-refractivity contribution is 6.33. The summed E-state index contributed by atoms with van der Waals surface area (Å²) in [7, 11) is 1.52. The van der Waals surface area contributed by atoms with Crippen LogP contribution in [0.15, 0.2) is 18.2 Å². The Labute approximate surface area is 115 Å². The molecule has 1 unspecified atom stereocenters. The summed E-state index contributed by atoms with van der Waals surface area (Å²) in [5, 5.41) is 2.72. The van der Waals surface area contributed by atoms with E-state index in [9.17, 15) is 9.18 Å². The van der Waals surface area contributed by atoms with Gasteiger partial charge < -0.3 is 10.1 Å². The molecule has 100 valence electrons. The highest BCUT2D eigenvalue weighted by atomic mass is 35.5. The van der Waals surface area contributed by atoms with E-state index in [1.54, 1.807) is 0 Å². The van der Waals surface area contributed by atoms with Gasteiger partial charge in [0.25, 0.3) is 5.91 Å². The van der Waals surface area contributed by atoms with Crippen molar-refractivity contribution in [1.29, 1.82) is 0 Å². The summed E-state index contributed by atoms with van der Waals surface area (Å²) in [5.41, 5.74) is -0.158. The van der Waals surface area contributed by atoms with E-state index in [2.05, 4.69) is 5.32 Å². The van der Waals surface area contributed by atoms with Crippen LogP contribution in [0.3, 0.4) is 0 Å². The number of rotatable bonds is 6. The molecule has 0 aliphatic carbocycles. The number of benzene rings is 1. The number of amides is 1. The molecular formula is C12H14Cl2FNO2. The summed E-state index contributed by atoms with van der Waals surface area (Å²) in [6, 6.07) is 3.83. The predicted octanol–water partition coefficient (Wildman–Crippen LogP) is 2.85. The van der Waals surface area contributed by atoms with E-state index >= 15 is 0 Å². The minimum Gasteiger partial charge on any atom is -0.383 e. The summed E-state index contributed by atoms with van der Waals surface area (Å²) in [6.07, 6.45) is 0.535. The Morgan fingerprint density at radius 1 is 1.56 bits per heavy atom. The number of ether oxygens (including phenoxy) is 1. The van der Waals surface area contributed by atoms with Crippen molar-refractivity contribution in [3.63, 3.8) is 0 Å². The zero-order valence-corrected chi connectivity index (χ0v) is 11.4. The Morgan fingerprint density at radius 2 is 2.28 bits per heavy atom. The first kappa shape index (κ1) is 15.2. The monoisotopic (exact) mass is 293 g/mol. The van der Waals surface area contributed by atoms with Gasteiger partial charge >= 0.3 is 0 Å². The lowest BCUT2D eigenvalue weighted by atomic mass is 10.1. The summed E-state index contributed by atoms with van der Waals surface area (Å²) >= 11 is 11.4. The molecule has 1 atom stereocenters. The molecular weight excluding hydrogens is 280 g/mol. The van der Waals surface area contributed by atoms with E-state index in [0.29, 0.717) is 18.9 Å². The minimum atomic E-state index is -0.651. The first-order valence-electron chi connectivity index (χ1n) is 5.40. The maximum atomic E-state index is 13.5. The summed E-state index contributed by atoms with van der Waals surface area (Å²) in [4.78, 5) is 11.9. The van der Waals surface area contributed by atoms with Crippen molar-refractivity contribution < 1.29 is 13.9 Å². The number of carbonyl (C=O) groups is 1. The first-order chi connectivity index (χ1) is 8.60. The second kappa shape index (κ2) is 7.56. The second-order valence-electron chi connectivity index (χ2n) is 3.70. The lowest BCUT2D eigenvalue weighted by Gasteiger charge is -2.17. The van der Waals surface area contributed by atoms with Gasteiger partial charge in [0.05, 0.1) is 23.2 Å². The fourth-order valence-corrected chi connectivity index (χ4v) is 2.01. The molecule has 0 aliphatic rings. The SMILES string of the molecule is COCC(CCCl)NC(=O)c1c(F)cccc1Cl. The summed E-state index contributed by atoms with van der Waals surface area (Å²) < 4.78 is 18.5. The van der Waals surface area contributed by atoms with E-state index in [-0.39, 0.29) is 16.6 Å². The van der Waals surface area contributed by atoms with Crippen LogP contribution in [0.5, 0.6) is 0 Å². The lowest BCUT2D eigenvalue weighted by molar-refractivity contribution is 0.0891. The van der Waals surface area contributed by atoms with Gasteiger partial charge in [-0.15, -0.1) is 11.6 Å². The Bertz CT molecular complexity index is 389. The van der Waals surface area contributed by atoms with Gasteiger partial charge in [0.2, 0.25) is 0 Å². The summed E-state index contributed by atoms with van der Waals surface area (Å²) in [6.45, 7) is 0.310. The van der Waals surface area contributed by atoms with Crippen LogP contribution in [0.1, 0.15) is 16.8 Å². The highest BCUT2D eigenvalue weighted by Crippen LogP contribution is 2.18. The van der Waals surface area contributed by atoms with Gasteiger partial charge in [-0.25, -0.2) is 4.39 Å². The number of alkyl halides is 1. The Balaban J connectivity index is 2.80. The third-order valence-electron chi connectivity index (χ3n) is 2.35. The van der Waals surface area contributed by atoms with Crippen molar-refractivity contribution in [1.82, 2.24) is 5.32 Å². The molecule has 0 saturated heterocycles. The molecule has 0 aliphatic heterocycles. The molecule has 0 spiro atoms. The van der Waals surface area contributed by atoms with Gasteiger partial charge in [0, 0.05) is 13.0 Å². The zero-order chi connectivity index (χ0) is 13.5. The van der Waals surface area contributed by atoms with E-state index in [1.807, 2.05) is 0 Å². The number of halogens is 3. The smallest absolute Gasteiger partial charge is 0.256 e. The number of nitrogens with one attached hydrogen (secondary N) is 1. The van der Waals surface area contributed by atoms with Crippen LogP contribution < -0.4 is 5.32 Å². The second-order valence-corrected chi connectivity index (χ2v) is 4.49. The predicted molar refractivity (Wildman–Crippen MR) is 69.9 cm³/mol. The molecule has 1 rings (SSSR count). The molecule has 1 amide bonds. The van der Waals surface area contributed by atoms with Crippen LogP contribution in [-0.4, -0.2) is 31.5 Å². The molecule has 0 fully saturated rings. The number of hydrogen-bond acceptors (Lipinski definition) is 2. The van der Waals surface area contributed by atoms with E-state index in [1.165, 1.54) is 25.3 Å². The molecule has 0 radical (unpaired) electrons. The average Bonchev–Trinajstić information content (AvgIpc) is 2.29. The molecule has 6 heteroatoms. The third kappa shape index (κ3) is 4.12. The van der Waals surface area contributed by atoms with Gasteiger partial charge in [-0.2, -0.15) is 0 Å². The van der Waals surface area contributed by atoms with Crippen LogP contribution in [0, 0.1) is 5.82 Å². The van der Waals surface area contributed by atoms with Crippen molar-refractivity contribution in [3.05, 3.63) is 34.6 Å². The van der Waals surface area contributed by atoms with Crippen LogP contribution in [0.25, 0.3) is 0 Å². The summed E-state index contributed by atoms with van der Waals surface area (Å²) in [5.74, 6) is -0.841. The molecule has 0 saturated carbocycles. The van der Waals surface area contributed by atoms with E-state index < -0.39 is 11.7 Å². The molecule has 18 heavy (non-hydrogen) atoms. The van der Waals surface area contributed by atoms with Crippen LogP contribution in [-0.2, 0) is 4.74 Å². The van der Waals surface area contributed by atoms with Crippen LogP contribution in [0.2, 0.25) is 5.02 Å². The normalized spacial score (nSPS) is 12.2. The number of carbonyl (C=O) groups excluding carboxylic acids is 1. The van der Waals surface area contributed by atoms with Crippen molar-refractivity contribution in [2.24, 2.45) is 0 Å². The van der Waals surface area contributed by atoms with Gasteiger partial charge in [0.1, 0.15) is 5.82 Å². The highest BCUT2D eigenvalue weighted by Gasteiger charge is 2.19. The fraction of sp³-hybridized carbons (Fsp3) is 0.417. The van der Waals surface area contributed by atoms with E-state index in [0.717, 1.165) is 0 Å². The number of methoxy groups -OCH3 is 1. The minimum absolute atomic E-state index is 0.0783.